The standard InChI is InChI=1S/C8H4F5NO4S/c9-4-1-5(10)7(2-6(4)14-3-15)18-19(16,17)8(11,12)13/h1-3H,(H,14,15). The lowest BCUT2D eigenvalue weighted by molar-refractivity contribution is -0.105. The number of hydrogen-bond acceptors (Lipinski definition) is 4. The van der Waals surface area contributed by atoms with Crippen LogP contribution in [-0.4, -0.2) is 20.3 Å². The van der Waals surface area contributed by atoms with Gasteiger partial charge >= 0.3 is 15.6 Å². The van der Waals surface area contributed by atoms with E-state index in [1.54, 1.807) is 5.32 Å². The molecule has 0 atom stereocenters. The Labute approximate surface area is 103 Å². The number of hydrogen-bond donors (Lipinski definition) is 1. The summed E-state index contributed by atoms with van der Waals surface area (Å²) in [5, 5.41) is 1.69. The first-order valence-corrected chi connectivity index (χ1v) is 5.69. The summed E-state index contributed by atoms with van der Waals surface area (Å²) in [6.45, 7) is 0. The number of amides is 1. The van der Waals surface area contributed by atoms with Crippen LogP contribution < -0.4 is 9.50 Å². The van der Waals surface area contributed by atoms with Crippen LogP contribution in [0.25, 0.3) is 0 Å². The molecular formula is C8H4F5NO4S. The van der Waals surface area contributed by atoms with Crippen LogP contribution in [0.15, 0.2) is 12.1 Å². The summed E-state index contributed by atoms with van der Waals surface area (Å²) in [5.74, 6) is -4.40. The van der Waals surface area contributed by atoms with Gasteiger partial charge in [0.05, 0.1) is 5.69 Å². The molecule has 11 heteroatoms. The van der Waals surface area contributed by atoms with E-state index in [9.17, 15) is 35.2 Å². The Balaban J connectivity index is 3.22. The van der Waals surface area contributed by atoms with E-state index in [-0.39, 0.29) is 18.5 Å². The summed E-state index contributed by atoms with van der Waals surface area (Å²) in [4.78, 5) is 10.1. The molecule has 0 unspecified atom stereocenters. The molecule has 0 saturated carbocycles. The van der Waals surface area contributed by atoms with Crippen LogP contribution in [0, 0.1) is 11.6 Å². The summed E-state index contributed by atoms with van der Waals surface area (Å²) in [5.41, 5.74) is -6.52. The fraction of sp³-hybridized carbons (Fsp3) is 0.125. The van der Waals surface area contributed by atoms with Gasteiger partial charge in [0.25, 0.3) is 0 Å². The van der Waals surface area contributed by atoms with Crippen molar-refractivity contribution < 1.29 is 39.3 Å². The summed E-state index contributed by atoms with van der Waals surface area (Å²) in [6, 6.07) is 0.329. The lowest BCUT2D eigenvalue weighted by Gasteiger charge is -2.11. The first-order valence-electron chi connectivity index (χ1n) is 4.28. The normalized spacial score (nSPS) is 12.1. The molecule has 0 saturated heterocycles. The first kappa shape index (κ1) is 15.1. The zero-order chi connectivity index (χ0) is 14.8. The Hall–Kier alpha value is -1.91. The molecule has 5 nitrogen and oxygen atoms in total. The Bertz CT molecular complexity index is 598. The van der Waals surface area contributed by atoms with Crippen molar-refractivity contribution in [2.24, 2.45) is 0 Å². The van der Waals surface area contributed by atoms with Crippen LogP contribution in [0.1, 0.15) is 0 Å². The Morgan fingerprint density at radius 3 is 2.21 bits per heavy atom. The third-order valence-electron chi connectivity index (χ3n) is 1.72. The molecule has 1 rings (SSSR count). The Kier molecular flexibility index (Phi) is 3.98. The maximum atomic E-state index is 13.1. The van der Waals surface area contributed by atoms with Gasteiger partial charge in [-0.2, -0.15) is 21.6 Å². The molecule has 1 aromatic rings. The van der Waals surface area contributed by atoms with E-state index in [0.717, 1.165) is 0 Å². The van der Waals surface area contributed by atoms with Crippen LogP contribution in [0.4, 0.5) is 27.6 Å². The minimum Gasteiger partial charge on any atom is -0.373 e. The summed E-state index contributed by atoms with van der Waals surface area (Å²) >= 11 is 0. The number of halogens is 5. The van der Waals surface area contributed by atoms with E-state index in [0.29, 0.717) is 0 Å². The van der Waals surface area contributed by atoms with Gasteiger partial charge in [0.15, 0.2) is 11.6 Å². The van der Waals surface area contributed by atoms with Gasteiger partial charge in [-0.25, -0.2) is 8.78 Å². The van der Waals surface area contributed by atoms with Crippen molar-refractivity contribution in [3.8, 4) is 5.75 Å². The van der Waals surface area contributed by atoms with Crippen LogP contribution in [0.2, 0.25) is 0 Å². The maximum Gasteiger partial charge on any atom is 0.534 e. The van der Waals surface area contributed by atoms with Gasteiger partial charge in [-0.05, 0) is 0 Å². The fourth-order valence-corrected chi connectivity index (χ4v) is 1.39. The van der Waals surface area contributed by atoms with Crippen LogP contribution in [0.5, 0.6) is 5.75 Å². The van der Waals surface area contributed by atoms with E-state index in [1.165, 1.54) is 0 Å². The van der Waals surface area contributed by atoms with Gasteiger partial charge in [-0.3, -0.25) is 4.79 Å². The molecule has 0 aliphatic carbocycles. The Morgan fingerprint density at radius 1 is 1.16 bits per heavy atom. The monoisotopic (exact) mass is 305 g/mol. The van der Waals surface area contributed by atoms with Gasteiger partial charge < -0.3 is 9.50 Å². The van der Waals surface area contributed by atoms with E-state index >= 15 is 0 Å². The Morgan fingerprint density at radius 2 is 1.74 bits per heavy atom. The highest BCUT2D eigenvalue weighted by Crippen LogP contribution is 2.31. The molecule has 0 heterocycles. The highest BCUT2D eigenvalue weighted by molar-refractivity contribution is 7.88. The van der Waals surface area contributed by atoms with Crippen LogP contribution in [0.3, 0.4) is 0 Å². The zero-order valence-electron chi connectivity index (χ0n) is 8.66. The predicted molar refractivity (Wildman–Crippen MR) is 51.6 cm³/mol. The van der Waals surface area contributed by atoms with Crippen molar-refractivity contribution >= 4 is 22.2 Å². The summed E-state index contributed by atoms with van der Waals surface area (Å²) in [7, 11) is -6.10. The summed E-state index contributed by atoms with van der Waals surface area (Å²) < 4.78 is 86.8. The van der Waals surface area contributed by atoms with Gasteiger partial charge in [0.2, 0.25) is 6.41 Å². The molecule has 1 amide bonds. The maximum absolute atomic E-state index is 13.1. The minimum atomic E-state index is -6.10. The van der Waals surface area contributed by atoms with Crippen LogP contribution in [-0.2, 0) is 14.9 Å². The summed E-state index contributed by atoms with van der Waals surface area (Å²) in [6.07, 6.45) is -0.0433. The fourth-order valence-electron chi connectivity index (χ4n) is 0.933. The molecule has 0 aliphatic rings. The smallest absolute Gasteiger partial charge is 0.373 e. The van der Waals surface area contributed by atoms with Crippen LogP contribution >= 0.6 is 0 Å². The molecule has 0 radical (unpaired) electrons. The molecule has 0 spiro atoms. The minimum absolute atomic E-state index is 0.0433. The van der Waals surface area contributed by atoms with Crippen molar-refractivity contribution in [3.05, 3.63) is 23.8 Å². The molecule has 19 heavy (non-hydrogen) atoms. The van der Waals surface area contributed by atoms with Gasteiger partial charge in [0.1, 0.15) is 5.82 Å². The van der Waals surface area contributed by atoms with Crippen molar-refractivity contribution in [3.63, 3.8) is 0 Å². The topological polar surface area (TPSA) is 72.5 Å². The SMILES string of the molecule is O=CNc1cc(OS(=O)(=O)C(F)(F)F)c(F)cc1F. The second kappa shape index (κ2) is 4.99. The van der Waals surface area contributed by atoms with E-state index in [2.05, 4.69) is 4.18 Å². The lowest BCUT2D eigenvalue weighted by atomic mass is 10.3. The van der Waals surface area contributed by atoms with Crippen molar-refractivity contribution in [1.29, 1.82) is 0 Å². The first-order chi connectivity index (χ1) is 8.58. The molecule has 106 valence electrons. The van der Waals surface area contributed by atoms with E-state index < -0.39 is 38.7 Å². The van der Waals surface area contributed by atoms with Crippen molar-refractivity contribution in [1.82, 2.24) is 0 Å². The van der Waals surface area contributed by atoms with Crippen molar-refractivity contribution in [2.45, 2.75) is 5.51 Å². The van der Waals surface area contributed by atoms with Gasteiger partial charge in [0, 0.05) is 12.1 Å². The van der Waals surface area contributed by atoms with E-state index in [1.807, 2.05) is 0 Å². The lowest BCUT2D eigenvalue weighted by Crippen LogP contribution is -2.28. The van der Waals surface area contributed by atoms with Gasteiger partial charge in [-0.15, -0.1) is 0 Å². The highest BCUT2D eigenvalue weighted by atomic mass is 32.2. The zero-order valence-corrected chi connectivity index (χ0v) is 9.48. The molecule has 1 aromatic carbocycles. The van der Waals surface area contributed by atoms with Gasteiger partial charge in [-0.1, -0.05) is 0 Å². The molecule has 0 aromatic heterocycles. The molecular weight excluding hydrogens is 301 g/mol. The average Bonchev–Trinajstić information content (AvgIpc) is 2.23. The number of anilines is 1. The predicted octanol–water partition coefficient (Wildman–Crippen LogP) is 1.76. The van der Waals surface area contributed by atoms with E-state index in [4.69, 9.17) is 0 Å². The third kappa shape index (κ3) is 3.30. The number of carbonyl (C=O) groups is 1. The number of benzene rings is 1. The number of alkyl halides is 3. The largest absolute Gasteiger partial charge is 0.534 e. The van der Waals surface area contributed by atoms with Crippen molar-refractivity contribution in [2.75, 3.05) is 5.32 Å². The number of rotatable bonds is 4. The second-order valence-corrected chi connectivity index (χ2v) is 4.55. The quantitative estimate of drug-likeness (QED) is 0.398. The second-order valence-electron chi connectivity index (χ2n) is 3.01. The third-order valence-corrected chi connectivity index (χ3v) is 2.68. The molecule has 0 aliphatic heterocycles. The average molecular weight is 305 g/mol. The molecule has 1 N–H and O–H groups in total. The molecule has 0 fully saturated rings. The molecule has 0 bridgehead atoms. The number of nitrogens with one attached hydrogen (secondary N) is 1. The highest BCUT2D eigenvalue weighted by Gasteiger charge is 2.49. The number of carbonyl (C=O) groups excluding carboxylic acids is 1.